The zero-order valence-corrected chi connectivity index (χ0v) is 14.8. The fraction of sp³-hybridized carbons (Fsp3) is 0.647. The summed E-state index contributed by atoms with van der Waals surface area (Å²) in [5, 5.41) is 22.2. The lowest BCUT2D eigenvalue weighted by Gasteiger charge is -2.36. The van der Waals surface area contributed by atoms with Crippen LogP contribution in [0.4, 0.5) is 10.6 Å². The molecule has 1 fully saturated rings. The average molecular weight is 337 g/mol. The van der Waals surface area contributed by atoms with Crippen LogP contribution >= 0.6 is 0 Å². The summed E-state index contributed by atoms with van der Waals surface area (Å²) in [6, 6.07) is 3.19. The third kappa shape index (κ3) is 3.32. The van der Waals surface area contributed by atoms with Gasteiger partial charge in [-0.05, 0) is 26.0 Å². The van der Waals surface area contributed by atoms with Gasteiger partial charge in [-0.3, -0.25) is 5.32 Å². The van der Waals surface area contributed by atoms with Gasteiger partial charge in [0.15, 0.2) is 0 Å². The highest BCUT2D eigenvalue weighted by Gasteiger charge is 2.52. The molecule has 24 heavy (non-hydrogen) atoms. The van der Waals surface area contributed by atoms with Crippen LogP contribution in [0.15, 0.2) is 12.1 Å². The van der Waals surface area contributed by atoms with Crippen molar-refractivity contribution in [2.24, 2.45) is 10.8 Å². The number of hydrogen-bond donors (Lipinski definition) is 3. The SMILES string of the molecule is CCOc1ccc(NC(=O)N2C[C@](C)(CO)[C@](C)(CO)C2)nc1C. The first-order valence-corrected chi connectivity index (χ1v) is 8.16. The van der Waals surface area contributed by atoms with E-state index >= 15 is 0 Å². The van der Waals surface area contributed by atoms with Gasteiger partial charge in [-0.25, -0.2) is 9.78 Å². The molecule has 0 aliphatic carbocycles. The molecule has 7 nitrogen and oxygen atoms in total. The topological polar surface area (TPSA) is 94.9 Å². The van der Waals surface area contributed by atoms with Crippen LogP contribution in [0.25, 0.3) is 0 Å². The molecule has 7 heteroatoms. The summed E-state index contributed by atoms with van der Waals surface area (Å²) in [5.41, 5.74) is -0.376. The lowest BCUT2D eigenvalue weighted by atomic mass is 9.69. The molecule has 0 aromatic carbocycles. The number of carbonyl (C=O) groups is 1. The second kappa shape index (κ2) is 6.94. The Labute approximate surface area is 142 Å². The molecule has 1 aliphatic heterocycles. The lowest BCUT2D eigenvalue weighted by molar-refractivity contribution is 0.00976. The smallest absolute Gasteiger partial charge is 0.323 e. The number of aryl methyl sites for hydroxylation is 1. The Balaban J connectivity index is 2.10. The van der Waals surface area contributed by atoms with Gasteiger partial charge in [-0.2, -0.15) is 0 Å². The second-order valence-electron chi connectivity index (χ2n) is 6.94. The monoisotopic (exact) mass is 337 g/mol. The predicted molar refractivity (Wildman–Crippen MR) is 91.1 cm³/mol. The van der Waals surface area contributed by atoms with E-state index in [0.29, 0.717) is 37.0 Å². The number of urea groups is 1. The van der Waals surface area contributed by atoms with Crippen molar-refractivity contribution in [2.45, 2.75) is 27.7 Å². The first-order valence-electron chi connectivity index (χ1n) is 8.16. The summed E-state index contributed by atoms with van der Waals surface area (Å²) in [5.74, 6) is 1.14. The highest BCUT2D eigenvalue weighted by atomic mass is 16.5. The molecule has 2 amide bonds. The zero-order chi connectivity index (χ0) is 18.0. The molecule has 0 radical (unpaired) electrons. The third-order valence-corrected chi connectivity index (χ3v) is 5.09. The number of aliphatic hydroxyl groups is 2. The van der Waals surface area contributed by atoms with Gasteiger partial charge in [0.05, 0.1) is 25.5 Å². The Morgan fingerprint density at radius 1 is 1.29 bits per heavy atom. The maximum absolute atomic E-state index is 12.5. The van der Waals surface area contributed by atoms with E-state index in [0.717, 1.165) is 0 Å². The molecule has 2 atom stereocenters. The fourth-order valence-corrected chi connectivity index (χ4v) is 3.02. The Hall–Kier alpha value is -1.86. The zero-order valence-electron chi connectivity index (χ0n) is 14.8. The van der Waals surface area contributed by atoms with Gasteiger partial charge >= 0.3 is 6.03 Å². The highest BCUT2D eigenvalue weighted by Crippen LogP contribution is 2.45. The van der Waals surface area contributed by atoms with Crippen LogP contribution in [0.1, 0.15) is 26.5 Å². The molecule has 1 aromatic heterocycles. The number of hydrogen-bond acceptors (Lipinski definition) is 5. The standard InChI is InChI=1S/C17H27N3O4/c1-5-24-13-6-7-14(18-12(13)2)19-15(23)20-8-16(3,10-21)17(4,9-20)11-22/h6-7,21-22H,5,8-11H2,1-4H3,(H,18,19,23)/t16-,17+. The van der Waals surface area contributed by atoms with Crippen molar-refractivity contribution in [3.05, 3.63) is 17.8 Å². The number of anilines is 1. The molecule has 0 spiro atoms. The minimum absolute atomic E-state index is 0.0890. The average Bonchev–Trinajstić information content (AvgIpc) is 2.83. The van der Waals surface area contributed by atoms with Crippen LogP contribution in [0.3, 0.4) is 0 Å². The maximum atomic E-state index is 12.5. The van der Waals surface area contributed by atoms with E-state index in [9.17, 15) is 15.0 Å². The van der Waals surface area contributed by atoms with Crippen LogP contribution in [0.5, 0.6) is 5.75 Å². The lowest BCUT2D eigenvalue weighted by Crippen LogP contribution is -2.41. The number of likely N-dealkylation sites (tertiary alicyclic amines) is 1. The van der Waals surface area contributed by atoms with Crippen LogP contribution in [0.2, 0.25) is 0 Å². The minimum atomic E-state index is -0.540. The fourth-order valence-electron chi connectivity index (χ4n) is 3.02. The molecule has 0 saturated carbocycles. The number of ether oxygens (including phenoxy) is 1. The summed E-state index contributed by atoms with van der Waals surface area (Å²) in [6.45, 7) is 8.63. The minimum Gasteiger partial charge on any atom is -0.492 e. The molecule has 134 valence electrons. The number of nitrogens with one attached hydrogen (secondary N) is 1. The maximum Gasteiger partial charge on any atom is 0.323 e. The van der Waals surface area contributed by atoms with Crippen molar-refractivity contribution in [2.75, 3.05) is 38.2 Å². The van der Waals surface area contributed by atoms with E-state index in [1.807, 2.05) is 27.7 Å². The number of pyridine rings is 1. The van der Waals surface area contributed by atoms with E-state index in [1.54, 1.807) is 17.0 Å². The number of rotatable bonds is 5. The van der Waals surface area contributed by atoms with Gasteiger partial charge in [0.1, 0.15) is 11.6 Å². The Morgan fingerprint density at radius 2 is 1.88 bits per heavy atom. The Bertz CT molecular complexity index is 591. The van der Waals surface area contributed by atoms with E-state index in [2.05, 4.69) is 10.3 Å². The van der Waals surface area contributed by atoms with Gasteiger partial charge in [0, 0.05) is 23.9 Å². The van der Waals surface area contributed by atoms with Crippen LogP contribution in [-0.4, -0.2) is 59.0 Å². The largest absolute Gasteiger partial charge is 0.492 e. The third-order valence-electron chi connectivity index (χ3n) is 5.09. The summed E-state index contributed by atoms with van der Waals surface area (Å²) in [4.78, 5) is 18.5. The van der Waals surface area contributed by atoms with Crippen molar-refractivity contribution >= 4 is 11.8 Å². The van der Waals surface area contributed by atoms with Crippen LogP contribution in [0, 0.1) is 17.8 Å². The molecule has 2 rings (SSSR count). The number of aromatic nitrogens is 1. The van der Waals surface area contributed by atoms with Gasteiger partial charge in [0.2, 0.25) is 0 Å². The molecular weight excluding hydrogens is 310 g/mol. The van der Waals surface area contributed by atoms with Crippen LogP contribution < -0.4 is 10.1 Å². The van der Waals surface area contributed by atoms with Crippen molar-refractivity contribution < 1.29 is 19.7 Å². The van der Waals surface area contributed by atoms with Crippen molar-refractivity contribution in [1.82, 2.24) is 9.88 Å². The predicted octanol–water partition coefficient (Wildman–Crippen LogP) is 1.63. The molecule has 1 saturated heterocycles. The van der Waals surface area contributed by atoms with E-state index in [4.69, 9.17) is 4.74 Å². The summed E-state index contributed by atoms with van der Waals surface area (Å²) >= 11 is 0. The second-order valence-corrected chi connectivity index (χ2v) is 6.94. The van der Waals surface area contributed by atoms with Gasteiger partial charge in [-0.1, -0.05) is 13.8 Å². The number of aliphatic hydroxyl groups excluding tert-OH is 2. The van der Waals surface area contributed by atoms with Crippen molar-refractivity contribution in [1.29, 1.82) is 0 Å². The highest BCUT2D eigenvalue weighted by molar-refractivity contribution is 5.88. The Morgan fingerprint density at radius 3 is 2.33 bits per heavy atom. The summed E-state index contributed by atoms with van der Waals surface area (Å²) in [7, 11) is 0. The molecule has 3 N–H and O–H groups in total. The molecule has 2 heterocycles. The normalized spacial score (nSPS) is 26.5. The summed E-state index contributed by atoms with van der Waals surface area (Å²) < 4.78 is 5.44. The quantitative estimate of drug-likeness (QED) is 0.759. The van der Waals surface area contributed by atoms with Crippen molar-refractivity contribution in [3.8, 4) is 5.75 Å². The molecule has 1 aliphatic rings. The molecule has 1 aromatic rings. The Kier molecular flexibility index (Phi) is 5.35. The van der Waals surface area contributed by atoms with Gasteiger partial charge in [0.25, 0.3) is 0 Å². The van der Waals surface area contributed by atoms with E-state index in [1.165, 1.54) is 0 Å². The van der Waals surface area contributed by atoms with Gasteiger partial charge in [-0.15, -0.1) is 0 Å². The number of nitrogens with zero attached hydrogens (tertiary/aromatic N) is 2. The van der Waals surface area contributed by atoms with E-state index < -0.39 is 10.8 Å². The molecule has 0 unspecified atom stereocenters. The van der Waals surface area contributed by atoms with Crippen molar-refractivity contribution in [3.63, 3.8) is 0 Å². The number of amides is 2. The van der Waals surface area contributed by atoms with E-state index in [-0.39, 0.29) is 19.2 Å². The summed E-state index contributed by atoms with van der Waals surface area (Å²) in [6.07, 6.45) is 0. The number of carbonyl (C=O) groups excluding carboxylic acids is 1. The van der Waals surface area contributed by atoms with Crippen LogP contribution in [-0.2, 0) is 0 Å². The first-order chi connectivity index (χ1) is 11.3. The molecular formula is C17H27N3O4. The first kappa shape index (κ1) is 18.5. The van der Waals surface area contributed by atoms with Gasteiger partial charge < -0.3 is 19.8 Å². The molecule has 0 bridgehead atoms.